The highest BCUT2D eigenvalue weighted by Gasteiger charge is 2.27. The monoisotopic (exact) mass is 528 g/mol. The quantitative estimate of drug-likeness (QED) is 0.356. The summed E-state index contributed by atoms with van der Waals surface area (Å²) < 4.78 is 19.6. The van der Waals surface area contributed by atoms with Crippen LogP contribution >= 0.6 is 11.3 Å². The molecule has 0 radical (unpaired) electrons. The number of hydrogen-bond acceptors (Lipinski definition) is 8. The molecule has 11 heteroatoms. The van der Waals surface area contributed by atoms with Crippen LogP contribution in [0.4, 0.5) is 5.95 Å². The third kappa shape index (κ3) is 5.58. The second-order valence-corrected chi connectivity index (χ2v) is 11.6. The summed E-state index contributed by atoms with van der Waals surface area (Å²) in [5.74, 6) is 1.71. The fraction of sp³-hybridized carbons (Fsp3) is 0.440. The molecule has 0 aliphatic carbocycles. The summed E-state index contributed by atoms with van der Waals surface area (Å²) in [6.07, 6.45) is 9.60. The molecule has 1 fully saturated rings. The van der Waals surface area contributed by atoms with Gasteiger partial charge in [0.05, 0.1) is 11.9 Å². The average Bonchev–Trinajstić information content (AvgIpc) is 3.43. The van der Waals surface area contributed by atoms with Gasteiger partial charge in [-0.2, -0.15) is 0 Å². The Kier molecular flexibility index (Phi) is 8.01. The van der Waals surface area contributed by atoms with Crippen molar-refractivity contribution < 1.29 is 14.4 Å². The zero-order valence-corrected chi connectivity index (χ0v) is 22.6. The minimum atomic E-state index is -0.988. The molecule has 5 rings (SSSR count). The van der Waals surface area contributed by atoms with E-state index in [9.17, 15) is 4.21 Å². The summed E-state index contributed by atoms with van der Waals surface area (Å²) in [4.78, 5) is 17.7. The highest BCUT2D eigenvalue weighted by molar-refractivity contribution is 7.84. The van der Waals surface area contributed by atoms with E-state index in [1.54, 1.807) is 10.8 Å². The molecule has 1 aromatic carbocycles. The molecule has 0 saturated carbocycles. The van der Waals surface area contributed by atoms with Crippen LogP contribution < -0.4 is 9.64 Å². The summed E-state index contributed by atoms with van der Waals surface area (Å²) in [5, 5.41) is 5.23. The van der Waals surface area contributed by atoms with E-state index in [1.165, 1.54) is 16.9 Å². The van der Waals surface area contributed by atoms with Crippen molar-refractivity contribution in [3.05, 3.63) is 48.4 Å². The third-order valence-electron chi connectivity index (χ3n) is 6.60. The van der Waals surface area contributed by atoms with Gasteiger partial charge in [-0.3, -0.25) is 4.21 Å². The number of benzene rings is 1. The lowest BCUT2D eigenvalue weighted by atomic mass is 9.92. The van der Waals surface area contributed by atoms with E-state index in [2.05, 4.69) is 40.7 Å². The van der Waals surface area contributed by atoms with Crippen LogP contribution in [0.3, 0.4) is 0 Å². The maximum atomic E-state index is 11.6. The van der Waals surface area contributed by atoms with Crippen LogP contribution in [0.2, 0.25) is 0 Å². The van der Waals surface area contributed by atoms with Gasteiger partial charge in [-0.25, -0.2) is 19.5 Å². The first-order valence-corrected chi connectivity index (χ1v) is 14.3. The van der Waals surface area contributed by atoms with E-state index in [1.807, 2.05) is 42.9 Å². The van der Waals surface area contributed by atoms with E-state index in [0.29, 0.717) is 17.0 Å². The summed E-state index contributed by atoms with van der Waals surface area (Å²) >= 11 is 1.45. The Morgan fingerprint density at radius 2 is 1.75 bits per heavy atom. The molecular weight excluding hydrogens is 496 g/mol. The SMILES string of the molecule is CC(C)c1cnc(N2CCC(C(C)Oc3nn4cc(-c5ccc(S(C)=O)cc5)nc4s3)CC2)nc1.O. The molecular formula is C25H32N6O3S2. The van der Waals surface area contributed by atoms with Crippen LogP contribution in [0.15, 0.2) is 47.8 Å². The largest absolute Gasteiger partial charge is 0.466 e. The van der Waals surface area contributed by atoms with Gasteiger partial charge in [0.1, 0.15) is 6.10 Å². The first kappa shape index (κ1) is 26.2. The molecule has 1 saturated heterocycles. The van der Waals surface area contributed by atoms with Gasteiger partial charge in [-0.1, -0.05) is 26.0 Å². The first-order valence-electron chi connectivity index (χ1n) is 11.9. The van der Waals surface area contributed by atoms with Gasteiger partial charge in [0, 0.05) is 53.0 Å². The van der Waals surface area contributed by atoms with Crippen molar-refractivity contribution in [2.75, 3.05) is 24.2 Å². The maximum Gasteiger partial charge on any atom is 0.294 e. The summed E-state index contributed by atoms with van der Waals surface area (Å²) in [6.45, 7) is 8.28. The number of nitrogens with zero attached hydrogens (tertiary/aromatic N) is 6. The van der Waals surface area contributed by atoms with Crippen molar-refractivity contribution in [2.24, 2.45) is 5.92 Å². The van der Waals surface area contributed by atoms with Gasteiger partial charge in [-0.15, -0.1) is 5.10 Å². The van der Waals surface area contributed by atoms with E-state index in [4.69, 9.17) is 9.72 Å². The standard InChI is InChI=1S/C25H30N6O2S2.H2O/c1-16(2)20-13-26-23(27-14-20)30-11-9-18(10-12-30)17(3)33-25-29-31-15-22(28-24(31)34-25)19-5-7-21(8-6-19)35(4)32;/h5-8,13-18H,9-12H2,1-4H3;1H2. The molecule has 2 N–H and O–H groups in total. The van der Waals surface area contributed by atoms with Crippen molar-refractivity contribution in [3.8, 4) is 16.5 Å². The molecule has 36 heavy (non-hydrogen) atoms. The molecule has 4 heterocycles. The molecule has 3 aromatic heterocycles. The zero-order chi connectivity index (χ0) is 24.5. The minimum absolute atomic E-state index is 0. The van der Waals surface area contributed by atoms with E-state index < -0.39 is 10.8 Å². The molecule has 1 aliphatic heterocycles. The molecule has 0 amide bonds. The van der Waals surface area contributed by atoms with Gasteiger partial charge < -0.3 is 15.1 Å². The summed E-state index contributed by atoms with van der Waals surface area (Å²) in [6, 6.07) is 7.64. The minimum Gasteiger partial charge on any atom is -0.466 e. The van der Waals surface area contributed by atoms with Gasteiger partial charge in [0.15, 0.2) is 0 Å². The van der Waals surface area contributed by atoms with Gasteiger partial charge >= 0.3 is 0 Å². The molecule has 0 spiro atoms. The Hall–Kier alpha value is -2.89. The molecule has 4 aromatic rings. The normalized spacial score (nSPS) is 16.2. The van der Waals surface area contributed by atoms with Crippen molar-refractivity contribution >= 4 is 33.0 Å². The Morgan fingerprint density at radius 3 is 2.33 bits per heavy atom. The molecule has 2 atom stereocenters. The van der Waals surface area contributed by atoms with E-state index >= 15 is 0 Å². The Labute approximate surface area is 217 Å². The number of rotatable bonds is 7. The van der Waals surface area contributed by atoms with Crippen LogP contribution in [0.25, 0.3) is 16.2 Å². The number of ether oxygens (including phenoxy) is 1. The molecule has 9 nitrogen and oxygen atoms in total. The second kappa shape index (κ2) is 11.0. The lowest BCUT2D eigenvalue weighted by Gasteiger charge is -2.34. The molecule has 1 aliphatic rings. The predicted molar refractivity (Wildman–Crippen MR) is 143 cm³/mol. The lowest BCUT2D eigenvalue weighted by molar-refractivity contribution is 0.131. The highest BCUT2D eigenvalue weighted by Crippen LogP contribution is 2.30. The molecule has 0 bridgehead atoms. The van der Waals surface area contributed by atoms with Gasteiger partial charge in [0.2, 0.25) is 10.9 Å². The number of piperidine rings is 1. The lowest BCUT2D eigenvalue weighted by Crippen LogP contribution is -2.39. The predicted octanol–water partition coefficient (Wildman–Crippen LogP) is 3.97. The van der Waals surface area contributed by atoms with Crippen molar-refractivity contribution in [3.63, 3.8) is 0 Å². The molecule has 2 unspecified atom stereocenters. The van der Waals surface area contributed by atoms with Crippen LogP contribution in [0.5, 0.6) is 5.19 Å². The fourth-order valence-corrected chi connectivity index (χ4v) is 5.64. The van der Waals surface area contributed by atoms with Gasteiger partial charge in [-0.05, 0) is 60.6 Å². The topological polar surface area (TPSA) is 117 Å². The number of hydrogen-bond donors (Lipinski definition) is 0. The van der Waals surface area contributed by atoms with Crippen LogP contribution in [-0.4, -0.2) is 59.7 Å². The number of fused-ring (bicyclic) bond motifs is 1. The average molecular weight is 529 g/mol. The zero-order valence-electron chi connectivity index (χ0n) is 20.9. The van der Waals surface area contributed by atoms with Crippen LogP contribution in [0, 0.1) is 5.92 Å². The second-order valence-electron chi connectivity index (χ2n) is 9.32. The smallest absolute Gasteiger partial charge is 0.294 e. The van der Waals surface area contributed by atoms with Crippen LogP contribution in [0.1, 0.15) is 45.1 Å². The van der Waals surface area contributed by atoms with Crippen molar-refractivity contribution in [1.29, 1.82) is 0 Å². The Balaban J connectivity index is 0.00000304. The van der Waals surface area contributed by atoms with Crippen molar-refractivity contribution in [2.45, 2.75) is 50.5 Å². The number of anilines is 1. The maximum absolute atomic E-state index is 11.6. The van der Waals surface area contributed by atoms with Crippen LogP contribution in [-0.2, 0) is 10.8 Å². The third-order valence-corrected chi connectivity index (χ3v) is 8.35. The number of imidazole rings is 1. The highest BCUT2D eigenvalue weighted by atomic mass is 32.2. The molecule has 192 valence electrons. The van der Waals surface area contributed by atoms with E-state index in [-0.39, 0.29) is 11.6 Å². The summed E-state index contributed by atoms with van der Waals surface area (Å²) in [5.41, 5.74) is 2.98. The van der Waals surface area contributed by atoms with Gasteiger partial charge in [0.25, 0.3) is 5.19 Å². The first-order chi connectivity index (χ1) is 16.9. The van der Waals surface area contributed by atoms with Crippen molar-refractivity contribution in [1.82, 2.24) is 24.6 Å². The fourth-order valence-electron chi connectivity index (χ4n) is 4.30. The summed E-state index contributed by atoms with van der Waals surface area (Å²) in [7, 11) is -0.988. The Morgan fingerprint density at radius 1 is 1.08 bits per heavy atom. The number of aromatic nitrogens is 5. The van der Waals surface area contributed by atoms with E-state index in [0.717, 1.165) is 53.0 Å². The Bertz CT molecular complexity index is 1280.